The Morgan fingerprint density at radius 2 is 2.08 bits per heavy atom. The predicted molar refractivity (Wildman–Crippen MR) is 90.4 cm³/mol. The smallest absolute Gasteiger partial charge is 0.315 e. The van der Waals surface area contributed by atoms with Gasteiger partial charge in [0.1, 0.15) is 17.5 Å². The average Bonchev–Trinajstić information content (AvgIpc) is 3.21. The molecule has 1 aliphatic heterocycles. The number of nitrogens with zero attached hydrogens (tertiary/aromatic N) is 3. The van der Waals surface area contributed by atoms with E-state index in [0.29, 0.717) is 18.9 Å². The SMILES string of the molecule is O=C(NCCc1nnc2n1CCC2)N[C@@H](c1ccc(F)cc1)C1CC1. The van der Waals surface area contributed by atoms with Gasteiger partial charge in [0.05, 0.1) is 6.04 Å². The zero-order valence-corrected chi connectivity index (χ0v) is 14.0. The van der Waals surface area contributed by atoms with Crippen molar-refractivity contribution in [3.05, 3.63) is 47.3 Å². The molecule has 1 atom stereocenters. The summed E-state index contributed by atoms with van der Waals surface area (Å²) in [5.74, 6) is 2.16. The molecule has 25 heavy (non-hydrogen) atoms. The maximum absolute atomic E-state index is 13.1. The molecule has 0 bridgehead atoms. The van der Waals surface area contributed by atoms with Crippen LogP contribution in [-0.4, -0.2) is 27.3 Å². The molecule has 1 fully saturated rings. The third-order valence-corrected chi connectivity index (χ3v) is 4.93. The van der Waals surface area contributed by atoms with Crippen LogP contribution in [0.3, 0.4) is 0 Å². The van der Waals surface area contributed by atoms with E-state index in [2.05, 4.69) is 25.4 Å². The summed E-state index contributed by atoms with van der Waals surface area (Å²) in [5.41, 5.74) is 0.953. The largest absolute Gasteiger partial charge is 0.338 e. The molecule has 2 amide bonds. The van der Waals surface area contributed by atoms with Crippen molar-refractivity contribution < 1.29 is 9.18 Å². The van der Waals surface area contributed by atoms with Gasteiger partial charge in [-0.05, 0) is 42.9 Å². The maximum atomic E-state index is 13.1. The van der Waals surface area contributed by atoms with Crippen LogP contribution in [0.5, 0.6) is 0 Å². The van der Waals surface area contributed by atoms with Gasteiger partial charge in [-0.15, -0.1) is 10.2 Å². The van der Waals surface area contributed by atoms with E-state index >= 15 is 0 Å². The molecule has 4 rings (SSSR count). The minimum atomic E-state index is -0.261. The lowest BCUT2D eigenvalue weighted by atomic mass is 10.0. The number of amides is 2. The van der Waals surface area contributed by atoms with Crippen LogP contribution < -0.4 is 10.6 Å². The summed E-state index contributed by atoms with van der Waals surface area (Å²) >= 11 is 0. The van der Waals surface area contributed by atoms with Crippen LogP contribution in [0, 0.1) is 11.7 Å². The molecule has 2 aromatic rings. The molecule has 132 valence electrons. The fourth-order valence-corrected chi connectivity index (χ4v) is 3.45. The molecule has 6 nitrogen and oxygen atoms in total. The van der Waals surface area contributed by atoms with E-state index in [9.17, 15) is 9.18 Å². The number of halogens is 1. The number of fused-ring (bicyclic) bond motifs is 1. The van der Waals surface area contributed by atoms with Gasteiger partial charge in [-0.3, -0.25) is 0 Å². The molecule has 1 aromatic heterocycles. The third-order valence-electron chi connectivity index (χ3n) is 4.93. The molecular formula is C18H22FN5O. The van der Waals surface area contributed by atoms with Crippen molar-refractivity contribution in [3.63, 3.8) is 0 Å². The van der Waals surface area contributed by atoms with Gasteiger partial charge in [0.25, 0.3) is 0 Å². The van der Waals surface area contributed by atoms with Crippen LogP contribution in [0.4, 0.5) is 9.18 Å². The predicted octanol–water partition coefficient (Wildman–Crippen LogP) is 2.36. The Labute approximate surface area is 145 Å². The summed E-state index contributed by atoms with van der Waals surface area (Å²) in [5, 5.41) is 14.3. The Bertz CT molecular complexity index is 753. The highest BCUT2D eigenvalue weighted by atomic mass is 19.1. The number of benzene rings is 1. The van der Waals surface area contributed by atoms with Crippen molar-refractivity contribution in [1.82, 2.24) is 25.4 Å². The fourth-order valence-electron chi connectivity index (χ4n) is 3.45. The zero-order chi connectivity index (χ0) is 17.2. The third kappa shape index (κ3) is 3.65. The number of urea groups is 1. The highest BCUT2D eigenvalue weighted by Gasteiger charge is 2.33. The lowest BCUT2D eigenvalue weighted by Gasteiger charge is -2.19. The van der Waals surface area contributed by atoms with Gasteiger partial charge in [0.2, 0.25) is 0 Å². The molecule has 0 unspecified atom stereocenters. The number of hydrogen-bond donors (Lipinski definition) is 2. The van der Waals surface area contributed by atoms with E-state index in [-0.39, 0.29) is 17.9 Å². The van der Waals surface area contributed by atoms with Gasteiger partial charge in [-0.25, -0.2) is 9.18 Å². The molecule has 1 aromatic carbocycles. The van der Waals surface area contributed by atoms with Crippen LogP contribution in [0.25, 0.3) is 0 Å². The Hall–Kier alpha value is -2.44. The Morgan fingerprint density at radius 3 is 2.84 bits per heavy atom. The normalized spacial score (nSPS) is 17.2. The highest BCUT2D eigenvalue weighted by Crippen LogP contribution is 2.40. The molecule has 0 saturated heterocycles. The van der Waals surface area contributed by atoms with Crippen LogP contribution in [0.15, 0.2) is 24.3 Å². The van der Waals surface area contributed by atoms with Crippen LogP contribution >= 0.6 is 0 Å². The van der Waals surface area contributed by atoms with E-state index in [1.807, 2.05) is 0 Å². The second kappa shape index (κ2) is 6.82. The van der Waals surface area contributed by atoms with Gasteiger partial charge in [0.15, 0.2) is 0 Å². The second-order valence-electron chi connectivity index (χ2n) is 6.80. The lowest BCUT2D eigenvalue weighted by molar-refractivity contribution is 0.235. The number of hydrogen-bond acceptors (Lipinski definition) is 3. The number of aryl methyl sites for hydroxylation is 1. The summed E-state index contributed by atoms with van der Waals surface area (Å²) in [7, 11) is 0. The Kier molecular flexibility index (Phi) is 4.38. The van der Waals surface area contributed by atoms with E-state index in [0.717, 1.165) is 49.4 Å². The van der Waals surface area contributed by atoms with Crippen molar-refractivity contribution >= 4 is 6.03 Å². The number of nitrogens with one attached hydrogen (secondary N) is 2. The molecule has 0 spiro atoms. The van der Waals surface area contributed by atoms with Crippen LogP contribution in [0.2, 0.25) is 0 Å². The molecule has 2 heterocycles. The number of rotatable bonds is 6. The van der Waals surface area contributed by atoms with Gasteiger partial charge in [-0.2, -0.15) is 0 Å². The van der Waals surface area contributed by atoms with Crippen molar-refractivity contribution in [3.8, 4) is 0 Å². The molecular weight excluding hydrogens is 321 g/mol. The first kappa shape index (κ1) is 16.1. The number of aromatic nitrogens is 3. The molecule has 0 radical (unpaired) electrons. The fraction of sp³-hybridized carbons (Fsp3) is 0.500. The summed E-state index contributed by atoms with van der Waals surface area (Å²) in [6.07, 6.45) is 4.96. The minimum absolute atomic E-state index is 0.0575. The summed E-state index contributed by atoms with van der Waals surface area (Å²) in [6.45, 7) is 1.49. The zero-order valence-electron chi connectivity index (χ0n) is 14.0. The topological polar surface area (TPSA) is 71.8 Å². The maximum Gasteiger partial charge on any atom is 0.315 e. The first-order chi connectivity index (χ1) is 12.2. The molecule has 1 saturated carbocycles. The second-order valence-corrected chi connectivity index (χ2v) is 6.80. The van der Waals surface area contributed by atoms with E-state index < -0.39 is 0 Å². The van der Waals surface area contributed by atoms with Crippen molar-refractivity contribution in [2.45, 2.75) is 44.7 Å². The van der Waals surface area contributed by atoms with E-state index in [4.69, 9.17) is 0 Å². The molecule has 7 heteroatoms. The van der Waals surface area contributed by atoms with Gasteiger partial charge in [0, 0.05) is 25.9 Å². The quantitative estimate of drug-likeness (QED) is 0.846. The van der Waals surface area contributed by atoms with Gasteiger partial charge < -0.3 is 15.2 Å². The number of carbonyl (C=O) groups is 1. The Morgan fingerprint density at radius 1 is 1.28 bits per heavy atom. The Balaban J connectivity index is 1.30. The first-order valence-electron chi connectivity index (χ1n) is 8.91. The summed E-state index contributed by atoms with van der Waals surface area (Å²) in [6, 6.07) is 6.13. The van der Waals surface area contributed by atoms with Crippen molar-refractivity contribution in [2.24, 2.45) is 5.92 Å². The molecule has 2 N–H and O–H groups in total. The summed E-state index contributed by atoms with van der Waals surface area (Å²) in [4.78, 5) is 12.2. The lowest BCUT2D eigenvalue weighted by Crippen LogP contribution is -2.39. The van der Waals surface area contributed by atoms with Gasteiger partial charge in [-0.1, -0.05) is 12.1 Å². The number of carbonyl (C=O) groups excluding carboxylic acids is 1. The minimum Gasteiger partial charge on any atom is -0.338 e. The standard InChI is InChI=1S/C18H22FN5O/c19-14-7-5-13(6-8-14)17(12-3-4-12)21-18(25)20-10-9-16-23-22-15-2-1-11-24(15)16/h5-8,12,17H,1-4,9-11H2,(H2,20,21,25)/t17-/m1/s1. The van der Waals surface area contributed by atoms with Crippen LogP contribution in [-0.2, 0) is 19.4 Å². The van der Waals surface area contributed by atoms with Crippen molar-refractivity contribution in [2.75, 3.05) is 6.54 Å². The average molecular weight is 343 g/mol. The van der Waals surface area contributed by atoms with Gasteiger partial charge >= 0.3 is 6.03 Å². The monoisotopic (exact) mass is 343 g/mol. The summed E-state index contributed by atoms with van der Waals surface area (Å²) < 4.78 is 15.3. The first-order valence-corrected chi connectivity index (χ1v) is 8.91. The highest BCUT2D eigenvalue weighted by molar-refractivity contribution is 5.74. The van der Waals surface area contributed by atoms with Crippen molar-refractivity contribution in [1.29, 1.82) is 0 Å². The van der Waals surface area contributed by atoms with Crippen LogP contribution in [0.1, 0.15) is 42.5 Å². The van der Waals surface area contributed by atoms with E-state index in [1.54, 1.807) is 12.1 Å². The molecule has 1 aliphatic carbocycles. The van der Waals surface area contributed by atoms with E-state index in [1.165, 1.54) is 12.1 Å². The molecule has 2 aliphatic rings.